The first-order valence-corrected chi connectivity index (χ1v) is 12.6. The zero-order valence-electron chi connectivity index (χ0n) is 21.3. The van der Waals surface area contributed by atoms with E-state index >= 15 is 0 Å². The van der Waals surface area contributed by atoms with E-state index < -0.39 is 24.2 Å². The first kappa shape index (κ1) is 27.7. The first-order valence-electron chi connectivity index (χ1n) is 12.6. The standard InChI is InChI=1S/C29H35N3O5/c1-3-5-6-8-20-9-11-22(12-10-20)19-31-27(34)24(7-4-2)32-29(36)26-25(37-26)28(35)30-18-17-21-13-15-23(33)16-14-21/h3,5-6,8-16,24-26,33H,4,7,17-19H2,1-2H3,(H,30,35)(H,31,34)(H,32,36)/b5-3-,8-6-/t24-,25-,26-/m0/s1. The maximum atomic E-state index is 12.8. The van der Waals surface area contributed by atoms with Crippen molar-refractivity contribution >= 4 is 23.8 Å². The van der Waals surface area contributed by atoms with Gasteiger partial charge in [-0.2, -0.15) is 0 Å². The van der Waals surface area contributed by atoms with Gasteiger partial charge < -0.3 is 25.8 Å². The summed E-state index contributed by atoms with van der Waals surface area (Å²) in [5.74, 6) is -0.919. The molecule has 1 aliphatic heterocycles. The van der Waals surface area contributed by atoms with Crippen LogP contribution in [0.3, 0.4) is 0 Å². The molecule has 2 aromatic rings. The Morgan fingerprint density at radius 3 is 2.30 bits per heavy atom. The van der Waals surface area contributed by atoms with Crippen molar-refractivity contribution in [1.82, 2.24) is 16.0 Å². The van der Waals surface area contributed by atoms with E-state index in [1.807, 2.05) is 62.4 Å². The van der Waals surface area contributed by atoms with E-state index in [2.05, 4.69) is 16.0 Å². The highest BCUT2D eigenvalue weighted by Crippen LogP contribution is 2.23. The molecular weight excluding hydrogens is 470 g/mol. The zero-order valence-corrected chi connectivity index (χ0v) is 21.3. The molecule has 1 fully saturated rings. The molecule has 8 heteroatoms. The average Bonchev–Trinajstić information content (AvgIpc) is 3.70. The molecule has 0 radical (unpaired) electrons. The Morgan fingerprint density at radius 1 is 0.946 bits per heavy atom. The Morgan fingerprint density at radius 2 is 1.62 bits per heavy atom. The van der Waals surface area contributed by atoms with Gasteiger partial charge in [0.05, 0.1) is 0 Å². The topological polar surface area (TPSA) is 120 Å². The van der Waals surface area contributed by atoms with Crippen molar-refractivity contribution in [3.05, 3.63) is 83.4 Å². The minimum Gasteiger partial charge on any atom is -0.508 e. The second-order valence-corrected chi connectivity index (χ2v) is 8.88. The lowest BCUT2D eigenvalue weighted by molar-refractivity contribution is -0.129. The summed E-state index contributed by atoms with van der Waals surface area (Å²) in [6.45, 7) is 4.62. The summed E-state index contributed by atoms with van der Waals surface area (Å²) < 4.78 is 5.29. The Hall–Kier alpha value is -3.91. The average molecular weight is 506 g/mol. The molecule has 3 rings (SSSR count). The van der Waals surface area contributed by atoms with Crippen LogP contribution in [-0.4, -0.2) is 47.6 Å². The smallest absolute Gasteiger partial charge is 0.253 e. The number of carbonyl (C=O) groups excluding carboxylic acids is 3. The molecule has 0 aliphatic carbocycles. The van der Waals surface area contributed by atoms with E-state index in [1.165, 1.54) is 0 Å². The Bertz CT molecular complexity index is 1110. The third-order valence-electron chi connectivity index (χ3n) is 5.91. The highest BCUT2D eigenvalue weighted by molar-refractivity contribution is 5.97. The van der Waals surface area contributed by atoms with Gasteiger partial charge in [0, 0.05) is 13.1 Å². The number of epoxide rings is 1. The van der Waals surface area contributed by atoms with E-state index in [9.17, 15) is 19.5 Å². The number of hydrogen-bond acceptors (Lipinski definition) is 5. The molecule has 196 valence electrons. The summed E-state index contributed by atoms with van der Waals surface area (Å²) in [5.41, 5.74) is 2.98. The maximum absolute atomic E-state index is 12.8. The Labute approximate surface area is 217 Å². The number of rotatable bonds is 13. The van der Waals surface area contributed by atoms with Crippen molar-refractivity contribution in [2.75, 3.05) is 6.54 Å². The predicted octanol–water partition coefficient (Wildman–Crippen LogP) is 3.01. The summed E-state index contributed by atoms with van der Waals surface area (Å²) in [4.78, 5) is 37.7. The Kier molecular flexibility index (Phi) is 10.5. The third kappa shape index (κ3) is 8.91. The number of phenols is 1. The lowest BCUT2D eigenvalue weighted by atomic mass is 10.1. The number of nitrogens with one attached hydrogen (secondary N) is 3. The van der Waals surface area contributed by atoms with Gasteiger partial charge in [0.2, 0.25) is 5.91 Å². The highest BCUT2D eigenvalue weighted by Gasteiger charge is 2.50. The van der Waals surface area contributed by atoms with Crippen LogP contribution in [0.1, 0.15) is 43.4 Å². The molecule has 4 N–H and O–H groups in total. The van der Waals surface area contributed by atoms with Crippen molar-refractivity contribution in [3.8, 4) is 5.75 Å². The van der Waals surface area contributed by atoms with E-state index in [1.54, 1.807) is 24.3 Å². The number of benzene rings is 2. The molecule has 2 aromatic carbocycles. The normalized spacial score (nSPS) is 17.5. The molecule has 0 aromatic heterocycles. The van der Waals surface area contributed by atoms with Crippen molar-refractivity contribution in [2.45, 2.75) is 57.9 Å². The molecule has 0 saturated carbocycles. The molecule has 0 bridgehead atoms. The van der Waals surface area contributed by atoms with Crippen LogP contribution in [0, 0.1) is 0 Å². The van der Waals surface area contributed by atoms with E-state index in [-0.39, 0.29) is 17.6 Å². The van der Waals surface area contributed by atoms with Gasteiger partial charge in [-0.15, -0.1) is 0 Å². The van der Waals surface area contributed by atoms with E-state index in [0.717, 1.165) is 16.7 Å². The number of ether oxygens (including phenoxy) is 1. The van der Waals surface area contributed by atoms with Crippen LogP contribution >= 0.6 is 0 Å². The van der Waals surface area contributed by atoms with Crippen LogP contribution in [0.15, 0.2) is 66.8 Å². The van der Waals surface area contributed by atoms with E-state index in [4.69, 9.17) is 4.74 Å². The number of hydrogen-bond donors (Lipinski definition) is 4. The number of allylic oxidation sites excluding steroid dienone is 3. The molecule has 3 amide bonds. The summed E-state index contributed by atoms with van der Waals surface area (Å²) in [6, 6.07) is 13.9. The molecular formula is C29H35N3O5. The maximum Gasteiger partial charge on any atom is 0.253 e. The van der Waals surface area contributed by atoms with E-state index in [0.29, 0.717) is 32.4 Å². The van der Waals surface area contributed by atoms with Crippen molar-refractivity contribution in [2.24, 2.45) is 0 Å². The minimum atomic E-state index is -0.899. The monoisotopic (exact) mass is 505 g/mol. The minimum absolute atomic E-state index is 0.186. The molecule has 1 aliphatic rings. The lowest BCUT2D eigenvalue weighted by Crippen LogP contribution is -2.48. The molecule has 3 atom stereocenters. The largest absolute Gasteiger partial charge is 0.508 e. The zero-order chi connectivity index (χ0) is 26.6. The lowest BCUT2D eigenvalue weighted by Gasteiger charge is -2.17. The van der Waals surface area contributed by atoms with Gasteiger partial charge in [0.15, 0.2) is 12.2 Å². The summed E-state index contributed by atoms with van der Waals surface area (Å²) >= 11 is 0. The van der Waals surface area contributed by atoms with Gasteiger partial charge in [-0.05, 0) is 48.6 Å². The van der Waals surface area contributed by atoms with Crippen molar-refractivity contribution in [1.29, 1.82) is 0 Å². The van der Waals surface area contributed by atoms with Gasteiger partial charge in [-0.25, -0.2) is 0 Å². The molecule has 0 unspecified atom stereocenters. The number of amides is 3. The number of aromatic hydroxyl groups is 1. The van der Waals surface area contributed by atoms with Crippen molar-refractivity contribution < 1.29 is 24.2 Å². The van der Waals surface area contributed by atoms with Gasteiger partial charge in [-0.1, -0.05) is 74.0 Å². The second kappa shape index (κ2) is 14.0. The van der Waals surface area contributed by atoms with Crippen LogP contribution in [0.25, 0.3) is 6.08 Å². The van der Waals surface area contributed by atoms with Crippen LogP contribution < -0.4 is 16.0 Å². The number of phenolic OH excluding ortho intramolecular Hbond substituents is 1. The van der Waals surface area contributed by atoms with Gasteiger partial charge in [-0.3, -0.25) is 14.4 Å². The SMILES string of the molecule is C/C=C\C=C/c1ccc(CNC(=O)[C@H](CCC)NC(=O)[C@H]2O[C@@H]2C(=O)NCCc2ccc(O)cc2)cc1. The molecule has 8 nitrogen and oxygen atoms in total. The molecule has 1 saturated heterocycles. The van der Waals surface area contributed by atoms with Crippen molar-refractivity contribution in [3.63, 3.8) is 0 Å². The van der Waals surface area contributed by atoms with Gasteiger partial charge >= 0.3 is 0 Å². The number of carbonyl (C=O) groups is 3. The second-order valence-electron chi connectivity index (χ2n) is 8.88. The fourth-order valence-corrected chi connectivity index (χ4v) is 3.75. The summed E-state index contributed by atoms with van der Waals surface area (Å²) in [7, 11) is 0. The van der Waals surface area contributed by atoms with Crippen LogP contribution in [0.2, 0.25) is 0 Å². The predicted molar refractivity (Wildman–Crippen MR) is 142 cm³/mol. The molecule has 1 heterocycles. The summed E-state index contributed by atoms with van der Waals surface area (Å²) in [6.07, 6.45) is 7.89. The first-order chi connectivity index (χ1) is 17.9. The fraction of sp³-hybridized carbons (Fsp3) is 0.345. The fourth-order valence-electron chi connectivity index (χ4n) is 3.75. The Balaban J connectivity index is 1.42. The van der Waals surface area contributed by atoms with Gasteiger partial charge in [0.1, 0.15) is 11.8 Å². The highest BCUT2D eigenvalue weighted by atomic mass is 16.6. The molecule has 0 spiro atoms. The van der Waals surface area contributed by atoms with Gasteiger partial charge in [0.25, 0.3) is 11.8 Å². The molecule has 37 heavy (non-hydrogen) atoms. The quantitative estimate of drug-likeness (QED) is 0.246. The van der Waals surface area contributed by atoms with Crippen LogP contribution in [0.4, 0.5) is 0 Å². The van der Waals surface area contributed by atoms with Crippen LogP contribution in [0.5, 0.6) is 5.75 Å². The van der Waals surface area contributed by atoms with Crippen LogP contribution in [-0.2, 0) is 32.1 Å². The summed E-state index contributed by atoms with van der Waals surface area (Å²) in [5, 5.41) is 17.7. The third-order valence-corrected chi connectivity index (χ3v) is 5.91.